The van der Waals surface area contributed by atoms with Gasteiger partial charge in [-0.1, -0.05) is 18.2 Å². The van der Waals surface area contributed by atoms with Gasteiger partial charge in [0.2, 0.25) is 6.10 Å². The molecular formula is C24H19N3O3. The Kier molecular flexibility index (Phi) is 4.52. The molecule has 1 amide bonds. The van der Waals surface area contributed by atoms with E-state index in [2.05, 4.69) is 15.3 Å². The first-order valence-corrected chi connectivity index (χ1v) is 9.69. The van der Waals surface area contributed by atoms with Crippen molar-refractivity contribution >= 4 is 22.6 Å². The van der Waals surface area contributed by atoms with E-state index in [0.29, 0.717) is 22.8 Å². The number of nitrogens with one attached hydrogen (secondary N) is 1. The van der Waals surface area contributed by atoms with Crippen LogP contribution in [0.4, 0.5) is 5.69 Å². The number of amides is 1. The molecule has 0 fully saturated rings. The van der Waals surface area contributed by atoms with Crippen LogP contribution in [0.5, 0.6) is 11.5 Å². The van der Waals surface area contributed by atoms with Gasteiger partial charge in [-0.05, 0) is 66.1 Å². The smallest absolute Gasteiger partial charge is 0.269 e. The van der Waals surface area contributed by atoms with Gasteiger partial charge in [0, 0.05) is 23.5 Å². The number of carbonyl (C=O) groups is 1. The molecule has 6 heteroatoms. The maximum absolute atomic E-state index is 12.7. The van der Waals surface area contributed by atoms with Crippen molar-refractivity contribution in [3.63, 3.8) is 0 Å². The standard InChI is InChI=1S/C24H19N3O3/c1-15-13-16(27-24(28)22-14-29-20-6-2-3-7-21(20)30-22)8-9-17(15)18-10-12-26-23-19(18)5-4-11-25-23/h2-13,22H,14H2,1H3,(H,27,28). The topological polar surface area (TPSA) is 73.3 Å². The van der Waals surface area contributed by atoms with E-state index >= 15 is 0 Å². The minimum atomic E-state index is -0.699. The molecule has 30 heavy (non-hydrogen) atoms. The molecule has 0 spiro atoms. The Morgan fingerprint density at radius 3 is 2.67 bits per heavy atom. The van der Waals surface area contributed by atoms with Crippen molar-refractivity contribution in [1.29, 1.82) is 0 Å². The third-order valence-corrected chi connectivity index (χ3v) is 5.10. The Morgan fingerprint density at radius 2 is 1.80 bits per heavy atom. The van der Waals surface area contributed by atoms with Crippen LogP contribution in [0.1, 0.15) is 5.56 Å². The van der Waals surface area contributed by atoms with Crippen molar-refractivity contribution in [2.45, 2.75) is 13.0 Å². The molecule has 0 saturated heterocycles. The van der Waals surface area contributed by atoms with Gasteiger partial charge < -0.3 is 14.8 Å². The maximum Gasteiger partial charge on any atom is 0.269 e. The third kappa shape index (κ3) is 3.33. The molecule has 148 valence electrons. The minimum Gasteiger partial charge on any atom is -0.485 e. The number of carbonyl (C=O) groups excluding carboxylic acids is 1. The number of pyridine rings is 2. The number of aryl methyl sites for hydroxylation is 1. The van der Waals surface area contributed by atoms with Gasteiger partial charge in [-0.2, -0.15) is 0 Å². The summed E-state index contributed by atoms with van der Waals surface area (Å²) in [5, 5.41) is 3.92. The lowest BCUT2D eigenvalue weighted by molar-refractivity contribution is -0.125. The number of fused-ring (bicyclic) bond motifs is 2. The molecule has 0 bridgehead atoms. The molecule has 5 rings (SSSR count). The highest BCUT2D eigenvalue weighted by Gasteiger charge is 2.27. The van der Waals surface area contributed by atoms with Gasteiger partial charge in [0.05, 0.1) is 0 Å². The molecule has 2 aromatic heterocycles. The fraction of sp³-hybridized carbons (Fsp3) is 0.125. The quantitative estimate of drug-likeness (QED) is 0.555. The van der Waals surface area contributed by atoms with Crippen LogP contribution in [0.2, 0.25) is 0 Å². The molecule has 1 atom stereocenters. The molecule has 3 heterocycles. The van der Waals surface area contributed by atoms with Crippen molar-refractivity contribution in [2.75, 3.05) is 11.9 Å². The van der Waals surface area contributed by atoms with Crippen molar-refractivity contribution in [1.82, 2.24) is 9.97 Å². The van der Waals surface area contributed by atoms with Crippen molar-refractivity contribution in [2.24, 2.45) is 0 Å². The largest absolute Gasteiger partial charge is 0.485 e. The summed E-state index contributed by atoms with van der Waals surface area (Å²) in [6, 6.07) is 19.1. The number of hydrogen-bond donors (Lipinski definition) is 1. The van der Waals surface area contributed by atoms with Gasteiger partial charge in [-0.15, -0.1) is 0 Å². The second-order valence-electron chi connectivity index (χ2n) is 7.12. The molecule has 1 unspecified atom stereocenters. The van der Waals surface area contributed by atoms with Crippen LogP contribution in [0.25, 0.3) is 22.2 Å². The van der Waals surface area contributed by atoms with Crippen LogP contribution in [0.15, 0.2) is 73.1 Å². The van der Waals surface area contributed by atoms with E-state index in [1.807, 2.05) is 61.5 Å². The first-order chi connectivity index (χ1) is 14.7. The molecule has 1 N–H and O–H groups in total. The number of hydrogen-bond acceptors (Lipinski definition) is 5. The molecule has 1 aliphatic rings. The lowest BCUT2D eigenvalue weighted by atomic mass is 9.98. The molecule has 0 radical (unpaired) electrons. The normalized spacial score (nSPS) is 15.0. The zero-order valence-corrected chi connectivity index (χ0v) is 16.3. The van der Waals surface area contributed by atoms with Gasteiger partial charge >= 0.3 is 0 Å². The van der Waals surface area contributed by atoms with E-state index in [0.717, 1.165) is 22.1 Å². The summed E-state index contributed by atoms with van der Waals surface area (Å²) in [7, 11) is 0. The van der Waals surface area contributed by atoms with E-state index in [1.165, 1.54) is 0 Å². The van der Waals surface area contributed by atoms with Crippen molar-refractivity contribution in [3.05, 3.63) is 78.6 Å². The first-order valence-electron chi connectivity index (χ1n) is 9.69. The SMILES string of the molecule is Cc1cc(NC(=O)C2COc3ccccc3O2)ccc1-c1ccnc2ncccc12. The van der Waals surface area contributed by atoms with Crippen LogP contribution in [0, 0.1) is 6.92 Å². The minimum absolute atomic E-state index is 0.177. The highest BCUT2D eigenvalue weighted by Crippen LogP contribution is 2.32. The van der Waals surface area contributed by atoms with E-state index in [-0.39, 0.29) is 12.5 Å². The summed E-state index contributed by atoms with van der Waals surface area (Å²) in [6.45, 7) is 2.19. The predicted molar refractivity (Wildman–Crippen MR) is 115 cm³/mol. The molecule has 4 aromatic rings. The molecule has 1 aliphatic heterocycles. The first kappa shape index (κ1) is 18.1. The van der Waals surface area contributed by atoms with Crippen molar-refractivity contribution < 1.29 is 14.3 Å². The Hall–Kier alpha value is -3.93. The Bertz CT molecular complexity index is 1250. The molecule has 0 aliphatic carbocycles. The molecule has 0 saturated carbocycles. The number of para-hydroxylation sites is 2. The van der Waals surface area contributed by atoms with Gasteiger partial charge in [-0.25, -0.2) is 9.97 Å². The van der Waals surface area contributed by atoms with Crippen LogP contribution < -0.4 is 14.8 Å². The van der Waals surface area contributed by atoms with E-state index < -0.39 is 6.10 Å². The van der Waals surface area contributed by atoms with Gasteiger partial charge in [-0.3, -0.25) is 4.79 Å². The Balaban J connectivity index is 1.37. The number of anilines is 1. The summed E-state index contributed by atoms with van der Waals surface area (Å²) in [4.78, 5) is 21.3. The lowest BCUT2D eigenvalue weighted by Crippen LogP contribution is -2.40. The number of aromatic nitrogens is 2. The van der Waals surface area contributed by atoms with Crippen LogP contribution in [-0.4, -0.2) is 28.6 Å². The zero-order valence-electron chi connectivity index (χ0n) is 16.3. The number of ether oxygens (including phenoxy) is 2. The summed E-state index contributed by atoms with van der Waals surface area (Å²) < 4.78 is 11.4. The van der Waals surface area contributed by atoms with Gasteiger partial charge in [0.1, 0.15) is 6.61 Å². The fourth-order valence-electron chi connectivity index (χ4n) is 3.63. The van der Waals surface area contributed by atoms with E-state index in [4.69, 9.17) is 9.47 Å². The van der Waals surface area contributed by atoms with Crippen LogP contribution >= 0.6 is 0 Å². The van der Waals surface area contributed by atoms with E-state index in [1.54, 1.807) is 18.5 Å². The fourth-order valence-corrected chi connectivity index (χ4v) is 3.63. The summed E-state index contributed by atoms with van der Waals surface area (Å²) in [6.07, 6.45) is 2.80. The van der Waals surface area contributed by atoms with Crippen molar-refractivity contribution in [3.8, 4) is 22.6 Å². The molecule has 2 aromatic carbocycles. The summed E-state index contributed by atoms with van der Waals surface area (Å²) in [5.41, 5.74) is 4.58. The highest BCUT2D eigenvalue weighted by molar-refractivity contribution is 5.96. The number of rotatable bonds is 3. The Labute approximate surface area is 173 Å². The van der Waals surface area contributed by atoms with Gasteiger partial charge in [0.15, 0.2) is 17.1 Å². The van der Waals surface area contributed by atoms with Gasteiger partial charge in [0.25, 0.3) is 5.91 Å². The van der Waals surface area contributed by atoms with Crippen LogP contribution in [0.3, 0.4) is 0 Å². The number of benzene rings is 2. The maximum atomic E-state index is 12.7. The lowest BCUT2D eigenvalue weighted by Gasteiger charge is -2.25. The van der Waals surface area contributed by atoms with E-state index in [9.17, 15) is 4.79 Å². The molecular weight excluding hydrogens is 378 g/mol. The molecule has 6 nitrogen and oxygen atoms in total. The zero-order chi connectivity index (χ0) is 20.5. The average Bonchev–Trinajstić information content (AvgIpc) is 2.78. The third-order valence-electron chi connectivity index (χ3n) is 5.10. The second kappa shape index (κ2) is 7.48. The average molecular weight is 397 g/mol. The monoisotopic (exact) mass is 397 g/mol. The summed E-state index contributed by atoms with van der Waals surface area (Å²) in [5.74, 6) is 0.990. The Morgan fingerprint density at radius 1 is 0.967 bits per heavy atom. The number of nitrogens with zero attached hydrogens (tertiary/aromatic N) is 2. The van der Waals surface area contributed by atoms with Crippen LogP contribution in [-0.2, 0) is 4.79 Å². The highest BCUT2D eigenvalue weighted by atomic mass is 16.6. The second-order valence-corrected chi connectivity index (χ2v) is 7.12. The summed E-state index contributed by atoms with van der Waals surface area (Å²) >= 11 is 0. The predicted octanol–water partition coefficient (Wildman–Crippen LogP) is 4.38.